The standard InChI is InChI=1S/C22H32O2/c23-17-19-9-7-5-3-1-2-4-6-8-10-20(18-24)22-14-11-21(19,12-15-22)13-16-22/h1-16H2. The highest BCUT2D eigenvalue weighted by Gasteiger charge is 2.52. The molecule has 0 atom stereocenters. The maximum absolute atomic E-state index is 11.7. The van der Waals surface area contributed by atoms with Gasteiger partial charge in [-0.2, -0.15) is 0 Å². The molecule has 0 spiro atoms. The lowest BCUT2D eigenvalue weighted by Gasteiger charge is -2.54. The summed E-state index contributed by atoms with van der Waals surface area (Å²) in [6.45, 7) is 0. The van der Waals surface area contributed by atoms with E-state index in [1.165, 1.54) is 38.5 Å². The quantitative estimate of drug-likeness (QED) is 0.530. The van der Waals surface area contributed by atoms with Crippen molar-refractivity contribution >= 4 is 11.9 Å². The SMILES string of the molecule is O=C=C1CCCCCCCCCCC(=C=O)C23CCC1(CC2)CC3. The zero-order valence-electron chi connectivity index (χ0n) is 15.1. The van der Waals surface area contributed by atoms with Gasteiger partial charge >= 0.3 is 0 Å². The maximum Gasteiger partial charge on any atom is 0.124 e. The summed E-state index contributed by atoms with van der Waals surface area (Å²) in [5, 5.41) is 0. The van der Waals surface area contributed by atoms with Gasteiger partial charge in [0.05, 0.1) is 0 Å². The summed E-state index contributed by atoms with van der Waals surface area (Å²) in [5.41, 5.74) is 2.38. The molecular weight excluding hydrogens is 296 g/mol. The molecule has 0 unspecified atom stereocenters. The number of carbonyl (C=O) groups excluding carboxylic acids is 2. The Balaban J connectivity index is 1.78. The smallest absolute Gasteiger partial charge is 0.124 e. The topological polar surface area (TPSA) is 34.1 Å². The van der Waals surface area contributed by atoms with Crippen molar-refractivity contribution in [3.05, 3.63) is 11.1 Å². The highest BCUT2D eigenvalue weighted by Crippen LogP contribution is 2.62. The van der Waals surface area contributed by atoms with Crippen LogP contribution in [0.1, 0.15) is 103 Å². The Bertz CT molecular complexity index is 472. The summed E-state index contributed by atoms with van der Waals surface area (Å²) >= 11 is 0. The van der Waals surface area contributed by atoms with Crippen LogP contribution in [0.5, 0.6) is 0 Å². The molecular formula is C22H32O2. The first kappa shape index (κ1) is 17.7. The second-order valence-electron chi connectivity index (χ2n) is 8.55. The second kappa shape index (κ2) is 7.85. The van der Waals surface area contributed by atoms with Crippen LogP contribution < -0.4 is 0 Å². The van der Waals surface area contributed by atoms with Crippen LogP contribution in [0.2, 0.25) is 0 Å². The van der Waals surface area contributed by atoms with Crippen LogP contribution >= 0.6 is 0 Å². The summed E-state index contributed by atoms with van der Waals surface area (Å²) in [6.07, 6.45) is 18.4. The predicted molar refractivity (Wildman–Crippen MR) is 97.2 cm³/mol. The van der Waals surface area contributed by atoms with Crippen molar-refractivity contribution in [1.29, 1.82) is 0 Å². The first-order valence-electron chi connectivity index (χ1n) is 10.2. The molecule has 6 fully saturated rings. The molecule has 6 aliphatic rings. The third-order valence-corrected chi connectivity index (χ3v) is 7.38. The van der Waals surface area contributed by atoms with Gasteiger partial charge in [-0.3, -0.25) is 0 Å². The highest BCUT2D eigenvalue weighted by atomic mass is 16.1. The molecule has 0 N–H and O–H groups in total. The Morgan fingerprint density at radius 2 is 0.792 bits per heavy atom. The van der Waals surface area contributed by atoms with Crippen LogP contribution in [0.15, 0.2) is 11.1 Å². The van der Waals surface area contributed by atoms with Crippen LogP contribution in [0.4, 0.5) is 0 Å². The first-order valence-corrected chi connectivity index (χ1v) is 10.2. The summed E-state index contributed by atoms with van der Waals surface area (Å²) in [6, 6.07) is 0. The summed E-state index contributed by atoms with van der Waals surface area (Å²) in [5.74, 6) is 4.71. The maximum atomic E-state index is 11.7. The van der Waals surface area contributed by atoms with Gasteiger partial charge < -0.3 is 0 Å². The molecule has 0 radical (unpaired) electrons. The van der Waals surface area contributed by atoms with Crippen LogP contribution in [-0.2, 0) is 9.59 Å². The van der Waals surface area contributed by atoms with E-state index in [0.29, 0.717) is 0 Å². The minimum absolute atomic E-state index is 0.120. The average molecular weight is 328 g/mol. The van der Waals surface area contributed by atoms with E-state index in [2.05, 4.69) is 11.9 Å². The van der Waals surface area contributed by atoms with E-state index in [9.17, 15) is 9.59 Å². The molecule has 2 nitrogen and oxygen atoms in total. The zero-order chi connectivity index (χ0) is 16.9. The van der Waals surface area contributed by atoms with Crippen molar-refractivity contribution in [2.24, 2.45) is 10.8 Å². The lowest BCUT2D eigenvalue weighted by Crippen LogP contribution is -2.43. The van der Waals surface area contributed by atoms with Gasteiger partial charge in [-0.15, -0.1) is 0 Å². The summed E-state index contributed by atoms with van der Waals surface area (Å²) in [7, 11) is 0. The van der Waals surface area contributed by atoms with E-state index in [0.717, 1.165) is 75.4 Å². The molecule has 0 aliphatic heterocycles. The van der Waals surface area contributed by atoms with Crippen molar-refractivity contribution in [3.8, 4) is 0 Å². The van der Waals surface area contributed by atoms with Gasteiger partial charge in [-0.05, 0) is 64.2 Å². The number of rotatable bonds is 0. The number of allylic oxidation sites excluding steroid dienone is 2. The van der Waals surface area contributed by atoms with Crippen molar-refractivity contribution < 1.29 is 9.59 Å². The molecule has 0 aromatic rings. The van der Waals surface area contributed by atoms with E-state index >= 15 is 0 Å². The number of hydrogen-bond acceptors (Lipinski definition) is 2. The summed E-state index contributed by atoms with van der Waals surface area (Å²) < 4.78 is 0. The van der Waals surface area contributed by atoms with Gasteiger partial charge in [0.1, 0.15) is 11.9 Å². The van der Waals surface area contributed by atoms with Gasteiger partial charge in [0.25, 0.3) is 0 Å². The van der Waals surface area contributed by atoms with Crippen molar-refractivity contribution in [3.63, 3.8) is 0 Å². The third-order valence-electron chi connectivity index (χ3n) is 7.38. The van der Waals surface area contributed by atoms with Crippen LogP contribution in [-0.4, -0.2) is 11.9 Å². The minimum atomic E-state index is 0.120. The van der Waals surface area contributed by atoms with E-state index < -0.39 is 0 Å². The minimum Gasteiger partial charge on any atom is -0.234 e. The third kappa shape index (κ3) is 3.46. The van der Waals surface area contributed by atoms with Gasteiger partial charge in [-0.25, -0.2) is 9.59 Å². The second-order valence-corrected chi connectivity index (χ2v) is 8.55. The first-order chi connectivity index (χ1) is 11.7. The fourth-order valence-corrected chi connectivity index (χ4v) is 5.60. The van der Waals surface area contributed by atoms with Gasteiger partial charge in [-0.1, -0.05) is 38.5 Å². The molecule has 0 aromatic carbocycles. The van der Waals surface area contributed by atoms with Crippen LogP contribution in [0, 0.1) is 10.8 Å². The average Bonchev–Trinajstić information content (AvgIpc) is 2.63. The Morgan fingerprint density at radius 1 is 0.500 bits per heavy atom. The Kier molecular flexibility index (Phi) is 5.80. The normalized spacial score (nSPS) is 35.5. The Labute approximate surface area is 146 Å². The molecule has 0 amide bonds. The molecule has 132 valence electrons. The lowest BCUT2D eigenvalue weighted by atomic mass is 9.49. The van der Waals surface area contributed by atoms with E-state index in [4.69, 9.17) is 0 Å². The summed E-state index contributed by atoms with van der Waals surface area (Å²) in [4.78, 5) is 23.3. The fraction of sp³-hybridized carbons (Fsp3) is 0.818. The van der Waals surface area contributed by atoms with Crippen LogP contribution in [0.3, 0.4) is 0 Å². The highest BCUT2D eigenvalue weighted by molar-refractivity contribution is 5.58. The number of hydrogen-bond donors (Lipinski definition) is 0. The molecule has 6 saturated carbocycles. The zero-order valence-corrected chi connectivity index (χ0v) is 15.1. The predicted octanol–water partition coefficient (Wildman–Crippen LogP) is 5.76. The van der Waals surface area contributed by atoms with Crippen molar-refractivity contribution in [2.75, 3.05) is 0 Å². The molecule has 2 heteroatoms. The van der Waals surface area contributed by atoms with Gasteiger partial charge in [0, 0.05) is 22.0 Å². The lowest BCUT2D eigenvalue weighted by molar-refractivity contribution is 0.0377. The molecule has 0 aromatic heterocycles. The Morgan fingerprint density at radius 3 is 1.08 bits per heavy atom. The fourth-order valence-electron chi connectivity index (χ4n) is 5.60. The van der Waals surface area contributed by atoms with Crippen molar-refractivity contribution in [1.82, 2.24) is 0 Å². The molecule has 6 aliphatic carbocycles. The van der Waals surface area contributed by atoms with E-state index in [1.807, 2.05) is 0 Å². The molecule has 24 heavy (non-hydrogen) atoms. The van der Waals surface area contributed by atoms with Gasteiger partial charge in [0.15, 0.2) is 0 Å². The van der Waals surface area contributed by atoms with Gasteiger partial charge in [0.2, 0.25) is 0 Å². The van der Waals surface area contributed by atoms with E-state index in [1.54, 1.807) is 0 Å². The molecule has 6 rings (SSSR count). The Hall–Kier alpha value is -1.10. The molecule has 0 heterocycles. The van der Waals surface area contributed by atoms with E-state index in [-0.39, 0.29) is 10.8 Å². The van der Waals surface area contributed by atoms with Crippen molar-refractivity contribution in [2.45, 2.75) is 103 Å². The molecule has 0 saturated heterocycles. The van der Waals surface area contributed by atoms with Crippen LogP contribution in [0.25, 0.3) is 0 Å². The monoisotopic (exact) mass is 328 g/mol. The molecule has 2 bridgehead atoms. The largest absolute Gasteiger partial charge is 0.234 e.